The molecule has 0 bridgehead atoms. The number of carbonyl (C=O) groups is 2. The van der Waals surface area contributed by atoms with E-state index in [1.165, 1.54) is 11.3 Å². The largest absolute Gasteiger partial charge is 0.478 e. The number of rotatable bonds is 4. The van der Waals surface area contributed by atoms with Gasteiger partial charge >= 0.3 is 5.97 Å². The molecule has 1 heterocycles. The van der Waals surface area contributed by atoms with Gasteiger partial charge in [0.15, 0.2) is 0 Å². The molecule has 4 nitrogen and oxygen atoms in total. The van der Waals surface area contributed by atoms with Gasteiger partial charge in [-0.05, 0) is 25.3 Å². The maximum Gasteiger partial charge on any atom is 0.338 e. The highest BCUT2D eigenvalue weighted by molar-refractivity contribution is 7.16. The number of nitrogens with one attached hydrogen (secondary N) is 1. The average Bonchev–Trinajstić information content (AvgIpc) is 2.58. The van der Waals surface area contributed by atoms with Crippen molar-refractivity contribution in [1.82, 2.24) is 0 Å². The molecule has 2 N–H and O–H groups in total. The summed E-state index contributed by atoms with van der Waals surface area (Å²) in [7, 11) is 0. The van der Waals surface area contributed by atoms with E-state index in [1.54, 1.807) is 6.07 Å². The predicted molar refractivity (Wildman–Crippen MR) is 66.6 cm³/mol. The fraction of sp³-hybridized carbons (Fsp3) is 0.500. The van der Waals surface area contributed by atoms with Gasteiger partial charge in [0.05, 0.1) is 5.56 Å². The van der Waals surface area contributed by atoms with Gasteiger partial charge in [-0.15, -0.1) is 11.3 Å². The summed E-state index contributed by atoms with van der Waals surface area (Å²) in [6.07, 6.45) is 3.71. The van der Waals surface area contributed by atoms with Crippen LogP contribution in [0.25, 0.3) is 0 Å². The zero-order valence-corrected chi connectivity index (χ0v) is 10.5. The first-order valence-electron chi connectivity index (χ1n) is 5.78. The quantitative estimate of drug-likeness (QED) is 0.867. The Hall–Kier alpha value is -1.36. The van der Waals surface area contributed by atoms with Crippen LogP contribution in [0.2, 0.25) is 0 Å². The standard InChI is InChI=1S/C12H15NO3S/c1-2-8-6-9(12(15)16)11(17-8)13-10(14)7-4-3-5-7/h6-7H,2-5H2,1H3,(H,13,14)(H,15,16). The van der Waals surface area contributed by atoms with Crippen LogP contribution in [0.4, 0.5) is 5.00 Å². The summed E-state index contributed by atoms with van der Waals surface area (Å²) >= 11 is 1.36. The van der Waals surface area contributed by atoms with Crippen molar-refractivity contribution < 1.29 is 14.7 Å². The Labute approximate surface area is 104 Å². The van der Waals surface area contributed by atoms with Crippen molar-refractivity contribution >= 4 is 28.2 Å². The van der Waals surface area contributed by atoms with Gasteiger partial charge in [-0.1, -0.05) is 13.3 Å². The van der Waals surface area contributed by atoms with Crippen molar-refractivity contribution in [2.24, 2.45) is 5.92 Å². The molecule has 17 heavy (non-hydrogen) atoms. The lowest BCUT2D eigenvalue weighted by molar-refractivity contribution is -0.122. The first kappa shape index (κ1) is 12.1. The summed E-state index contributed by atoms with van der Waals surface area (Å²) < 4.78 is 0. The Bertz CT molecular complexity index is 449. The highest BCUT2D eigenvalue weighted by Crippen LogP contribution is 2.32. The first-order valence-corrected chi connectivity index (χ1v) is 6.60. The Morgan fingerprint density at radius 1 is 1.53 bits per heavy atom. The molecule has 0 saturated heterocycles. The van der Waals surface area contributed by atoms with Gasteiger partial charge in [-0.2, -0.15) is 0 Å². The third-order valence-corrected chi connectivity index (χ3v) is 4.27. The number of carbonyl (C=O) groups excluding carboxylic acids is 1. The van der Waals surface area contributed by atoms with Gasteiger partial charge in [0.25, 0.3) is 0 Å². The summed E-state index contributed by atoms with van der Waals surface area (Å²) in [6, 6.07) is 1.64. The van der Waals surface area contributed by atoms with Crippen molar-refractivity contribution in [2.75, 3.05) is 5.32 Å². The molecule has 5 heteroatoms. The molecule has 0 atom stereocenters. The van der Waals surface area contributed by atoms with Gasteiger partial charge in [0.1, 0.15) is 5.00 Å². The van der Waals surface area contributed by atoms with Crippen molar-refractivity contribution in [3.05, 3.63) is 16.5 Å². The normalized spacial score (nSPS) is 15.4. The number of hydrogen-bond acceptors (Lipinski definition) is 3. The molecular weight excluding hydrogens is 238 g/mol. The number of aryl methyl sites for hydroxylation is 1. The highest BCUT2D eigenvalue weighted by atomic mass is 32.1. The SMILES string of the molecule is CCc1cc(C(=O)O)c(NC(=O)C2CCC2)s1. The molecule has 1 aromatic rings. The monoisotopic (exact) mass is 253 g/mol. The van der Waals surface area contributed by atoms with Gasteiger partial charge in [-0.3, -0.25) is 4.79 Å². The van der Waals surface area contributed by atoms with E-state index in [4.69, 9.17) is 5.11 Å². The molecule has 1 aliphatic rings. The van der Waals surface area contributed by atoms with Crippen LogP contribution in [-0.2, 0) is 11.2 Å². The lowest BCUT2D eigenvalue weighted by atomic mass is 9.85. The fourth-order valence-corrected chi connectivity index (χ4v) is 2.74. The predicted octanol–water partition coefficient (Wildman–Crippen LogP) is 2.75. The summed E-state index contributed by atoms with van der Waals surface area (Å²) in [4.78, 5) is 23.8. The van der Waals surface area contributed by atoms with E-state index in [9.17, 15) is 9.59 Å². The average molecular weight is 253 g/mol. The third kappa shape index (κ3) is 2.49. The van der Waals surface area contributed by atoms with Crippen LogP contribution in [0, 0.1) is 5.92 Å². The maximum atomic E-state index is 11.8. The van der Waals surface area contributed by atoms with Crippen LogP contribution in [0.3, 0.4) is 0 Å². The number of hydrogen-bond donors (Lipinski definition) is 2. The molecule has 0 radical (unpaired) electrons. The van der Waals surface area contributed by atoms with Crippen LogP contribution in [0.15, 0.2) is 6.07 Å². The Balaban J connectivity index is 2.15. The smallest absolute Gasteiger partial charge is 0.338 e. The minimum absolute atomic E-state index is 0.0387. The number of carboxylic acid groups (broad SMARTS) is 1. The minimum Gasteiger partial charge on any atom is -0.478 e. The van der Waals surface area contributed by atoms with Crippen LogP contribution in [-0.4, -0.2) is 17.0 Å². The minimum atomic E-state index is -0.982. The van der Waals surface area contributed by atoms with Crippen LogP contribution < -0.4 is 5.32 Å². The summed E-state index contributed by atoms with van der Waals surface area (Å²) in [5.74, 6) is -0.947. The molecule has 0 unspecified atom stereocenters. The van der Waals surface area contributed by atoms with E-state index in [-0.39, 0.29) is 17.4 Å². The van der Waals surface area contributed by atoms with Crippen LogP contribution in [0.5, 0.6) is 0 Å². The zero-order valence-electron chi connectivity index (χ0n) is 9.66. The molecule has 1 fully saturated rings. The van der Waals surface area contributed by atoms with Gasteiger partial charge in [-0.25, -0.2) is 4.79 Å². The number of thiophene rings is 1. The van der Waals surface area contributed by atoms with E-state index in [0.717, 1.165) is 30.6 Å². The number of aromatic carboxylic acids is 1. The zero-order chi connectivity index (χ0) is 12.4. The molecule has 1 aromatic heterocycles. The number of anilines is 1. The molecule has 2 rings (SSSR count). The van der Waals surface area contributed by atoms with Gasteiger partial charge in [0.2, 0.25) is 5.91 Å². The van der Waals surface area contributed by atoms with E-state index < -0.39 is 5.97 Å². The van der Waals surface area contributed by atoms with E-state index in [1.807, 2.05) is 6.92 Å². The topological polar surface area (TPSA) is 66.4 Å². The van der Waals surface area contributed by atoms with Crippen molar-refractivity contribution in [2.45, 2.75) is 32.6 Å². The van der Waals surface area contributed by atoms with Crippen molar-refractivity contribution in [1.29, 1.82) is 0 Å². The number of carboxylic acids is 1. The number of amides is 1. The second kappa shape index (κ2) is 4.87. The molecule has 0 aromatic carbocycles. The van der Waals surface area contributed by atoms with Gasteiger partial charge < -0.3 is 10.4 Å². The lowest BCUT2D eigenvalue weighted by Crippen LogP contribution is -2.28. The Morgan fingerprint density at radius 2 is 2.24 bits per heavy atom. The molecule has 1 aliphatic carbocycles. The summed E-state index contributed by atoms with van der Waals surface area (Å²) in [5.41, 5.74) is 0.208. The Kier molecular flexibility index (Phi) is 3.47. The Morgan fingerprint density at radius 3 is 2.71 bits per heavy atom. The first-order chi connectivity index (χ1) is 8.11. The molecular formula is C12H15NO3S. The van der Waals surface area contributed by atoms with Crippen molar-refractivity contribution in [3.8, 4) is 0 Å². The second-order valence-electron chi connectivity index (χ2n) is 4.23. The highest BCUT2D eigenvalue weighted by Gasteiger charge is 2.27. The van der Waals surface area contributed by atoms with E-state index in [2.05, 4.69) is 5.32 Å². The third-order valence-electron chi connectivity index (χ3n) is 3.07. The molecule has 0 aliphatic heterocycles. The summed E-state index contributed by atoms with van der Waals surface area (Å²) in [5, 5.41) is 12.3. The van der Waals surface area contributed by atoms with Crippen LogP contribution >= 0.6 is 11.3 Å². The molecule has 92 valence electrons. The van der Waals surface area contributed by atoms with Crippen LogP contribution in [0.1, 0.15) is 41.4 Å². The van der Waals surface area contributed by atoms with Crippen molar-refractivity contribution in [3.63, 3.8) is 0 Å². The molecule has 1 amide bonds. The van der Waals surface area contributed by atoms with E-state index >= 15 is 0 Å². The summed E-state index contributed by atoms with van der Waals surface area (Å²) in [6.45, 7) is 1.97. The molecule has 1 saturated carbocycles. The fourth-order valence-electron chi connectivity index (χ4n) is 1.75. The molecule has 0 spiro atoms. The maximum absolute atomic E-state index is 11.8. The second-order valence-corrected chi connectivity index (χ2v) is 5.37. The van der Waals surface area contributed by atoms with Gasteiger partial charge in [0, 0.05) is 10.8 Å². The van der Waals surface area contributed by atoms with E-state index in [0.29, 0.717) is 5.00 Å². The lowest BCUT2D eigenvalue weighted by Gasteiger charge is -2.23.